The van der Waals surface area contributed by atoms with Crippen molar-refractivity contribution in [1.82, 2.24) is 4.98 Å². The summed E-state index contributed by atoms with van der Waals surface area (Å²) in [4.78, 5) is 4.27. The van der Waals surface area contributed by atoms with Gasteiger partial charge in [-0.1, -0.05) is 0 Å². The maximum absolute atomic E-state index is 9.00. The zero-order valence-electron chi connectivity index (χ0n) is 10.8. The highest BCUT2D eigenvalue weighted by molar-refractivity contribution is 5.78. The summed E-state index contributed by atoms with van der Waals surface area (Å²) < 4.78 is 5.53. The van der Waals surface area contributed by atoms with Gasteiger partial charge in [0.25, 0.3) is 6.01 Å². The van der Waals surface area contributed by atoms with Gasteiger partial charge in [0.1, 0.15) is 17.7 Å². The number of nitrogens with zero attached hydrogens (tertiary/aromatic N) is 3. The highest BCUT2D eigenvalue weighted by Gasteiger charge is 2.08. The van der Waals surface area contributed by atoms with Gasteiger partial charge >= 0.3 is 0 Å². The van der Waals surface area contributed by atoms with Crippen LogP contribution in [-0.4, -0.2) is 4.98 Å². The molecule has 0 unspecified atom stereocenters. The fraction of sp³-hybridized carbons (Fsp3) is 0. The van der Waals surface area contributed by atoms with E-state index in [9.17, 15) is 0 Å². The Morgan fingerprint density at radius 3 is 2.62 bits per heavy atom. The second kappa shape index (κ2) is 4.87. The molecule has 0 amide bonds. The number of nitrogens with two attached hydrogens (primary N) is 1. The standard InChI is InChI=1S/C15H9N5O/c16-7-9-1-3-12(5-10(9)8-17)19-15-20-13-4-2-11(18)6-14(13)21-15/h1-6H,18H2,(H,19,20). The molecular formula is C15H9N5O. The highest BCUT2D eigenvalue weighted by Crippen LogP contribution is 2.24. The van der Waals surface area contributed by atoms with Crippen molar-refractivity contribution < 1.29 is 4.42 Å². The van der Waals surface area contributed by atoms with E-state index in [1.54, 1.807) is 36.4 Å². The van der Waals surface area contributed by atoms with Crippen molar-refractivity contribution >= 4 is 28.5 Å². The molecule has 0 atom stereocenters. The SMILES string of the molecule is N#Cc1ccc(Nc2nc3ccc(N)cc3o2)cc1C#N. The summed E-state index contributed by atoms with van der Waals surface area (Å²) in [5.41, 5.74) is 8.77. The molecule has 21 heavy (non-hydrogen) atoms. The first-order valence-electron chi connectivity index (χ1n) is 6.07. The Labute approximate surface area is 120 Å². The summed E-state index contributed by atoms with van der Waals surface area (Å²) in [7, 11) is 0. The van der Waals surface area contributed by atoms with Crippen LogP contribution in [-0.2, 0) is 0 Å². The normalized spacial score (nSPS) is 10.0. The maximum Gasteiger partial charge on any atom is 0.300 e. The van der Waals surface area contributed by atoms with Gasteiger partial charge in [0.2, 0.25) is 0 Å². The van der Waals surface area contributed by atoms with Gasteiger partial charge < -0.3 is 15.5 Å². The van der Waals surface area contributed by atoms with Crippen molar-refractivity contribution in [1.29, 1.82) is 10.5 Å². The largest absolute Gasteiger partial charge is 0.423 e. The van der Waals surface area contributed by atoms with Crippen LogP contribution in [0.1, 0.15) is 11.1 Å². The summed E-state index contributed by atoms with van der Waals surface area (Å²) in [5, 5.41) is 20.9. The van der Waals surface area contributed by atoms with E-state index in [0.29, 0.717) is 39.6 Å². The zero-order valence-corrected chi connectivity index (χ0v) is 10.8. The third kappa shape index (κ3) is 2.34. The van der Waals surface area contributed by atoms with Crippen LogP contribution in [0.25, 0.3) is 11.1 Å². The maximum atomic E-state index is 9.00. The van der Waals surface area contributed by atoms with E-state index in [4.69, 9.17) is 20.7 Å². The van der Waals surface area contributed by atoms with Crippen LogP contribution in [0, 0.1) is 22.7 Å². The molecule has 0 spiro atoms. The Hall–Kier alpha value is -3.51. The average Bonchev–Trinajstić information content (AvgIpc) is 2.88. The molecule has 3 rings (SSSR count). The number of rotatable bonds is 2. The Bertz CT molecular complexity index is 914. The monoisotopic (exact) mass is 275 g/mol. The lowest BCUT2D eigenvalue weighted by atomic mass is 10.1. The number of anilines is 3. The van der Waals surface area contributed by atoms with Crippen molar-refractivity contribution in [3.05, 3.63) is 47.5 Å². The van der Waals surface area contributed by atoms with Crippen LogP contribution in [0.2, 0.25) is 0 Å². The predicted octanol–water partition coefficient (Wildman–Crippen LogP) is 2.90. The number of hydrogen-bond acceptors (Lipinski definition) is 6. The van der Waals surface area contributed by atoms with E-state index in [2.05, 4.69) is 10.3 Å². The zero-order chi connectivity index (χ0) is 14.8. The van der Waals surface area contributed by atoms with Crippen LogP contribution in [0.3, 0.4) is 0 Å². The van der Waals surface area contributed by atoms with Gasteiger partial charge in [-0.25, -0.2) is 0 Å². The van der Waals surface area contributed by atoms with E-state index in [1.807, 2.05) is 12.1 Å². The van der Waals surface area contributed by atoms with Crippen LogP contribution in [0.5, 0.6) is 0 Å². The first-order valence-corrected chi connectivity index (χ1v) is 6.07. The van der Waals surface area contributed by atoms with Crippen molar-refractivity contribution in [2.45, 2.75) is 0 Å². The van der Waals surface area contributed by atoms with Crippen LogP contribution >= 0.6 is 0 Å². The van der Waals surface area contributed by atoms with Crippen molar-refractivity contribution in [3.8, 4) is 12.1 Å². The van der Waals surface area contributed by atoms with Gasteiger partial charge in [-0.05, 0) is 30.3 Å². The Kier molecular flexibility index (Phi) is 2.91. The molecule has 6 nitrogen and oxygen atoms in total. The number of aromatic nitrogens is 1. The highest BCUT2D eigenvalue weighted by atomic mass is 16.4. The minimum Gasteiger partial charge on any atom is -0.423 e. The fourth-order valence-corrected chi connectivity index (χ4v) is 1.93. The summed E-state index contributed by atoms with van der Waals surface area (Å²) in [6.07, 6.45) is 0. The molecule has 6 heteroatoms. The molecule has 100 valence electrons. The van der Waals surface area contributed by atoms with Gasteiger partial charge in [0.15, 0.2) is 5.58 Å². The summed E-state index contributed by atoms with van der Waals surface area (Å²) in [6, 6.07) is 14.3. The lowest BCUT2D eigenvalue weighted by Gasteiger charge is -2.02. The molecule has 0 bridgehead atoms. The van der Waals surface area contributed by atoms with Crippen LogP contribution in [0.15, 0.2) is 40.8 Å². The smallest absolute Gasteiger partial charge is 0.300 e. The molecule has 0 aliphatic rings. The first kappa shape index (κ1) is 12.5. The van der Waals surface area contributed by atoms with E-state index >= 15 is 0 Å². The fourth-order valence-electron chi connectivity index (χ4n) is 1.93. The third-order valence-corrected chi connectivity index (χ3v) is 2.92. The molecule has 1 aromatic heterocycles. The lowest BCUT2D eigenvalue weighted by Crippen LogP contribution is -1.92. The number of nitrogens with one attached hydrogen (secondary N) is 1. The molecule has 0 aliphatic heterocycles. The van der Waals surface area contributed by atoms with Crippen LogP contribution in [0.4, 0.5) is 17.4 Å². The van der Waals surface area contributed by atoms with Gasteiger partial charge in [-0.3, -0.25) is 0 Å². The first-order chi connectivity index (χ1) is 10.2. The van der Waals surface area contributed by atoms with E-state index < -0.39 is 0 Å². The minimum atomic E-state index is 0.294. The molecule has 0 aliphatic carbocycles. The van der Waals surface area contributed by atoms with Crippen LogP contribution < -0.4 is 11.1 Å². The van der Waals surface area contributed by atoms with E-state index in [0.717, 1.165) is 0 Å². The van der Waals surface area contributed by atoms with Gasteiger partial charge in [-0.2, -0.15) is 15.5 Å². The molecule has 0 saturated heterocycles. The molecule has 0 radical (unpaired) electrons. The Morgan fingerprint density at radius 1 is 1.05 bits per heavy atom. The molecule has 3 aromatic rings. The molecule has 1 heterocycles. The van der Waals surface area contributed by atoms with Gasteiger partial charge in [0.05, 0.1) is 11.1 Å². The molecular weight excluding hydrogens is 266 g/mol. The Morgan fingerprint density at radius 2 is 1.86 bits per heavy atom. The number of fused-ring (bicyclic) bond motifs is 1. The van der Waals surface area contributed by atoms with E-state index in [-0.39, 0.29) is 0 Å². The number of oxazole rings is 1. The van der Waals surface area contributed by atoms with Crippen molar-refractivity contribution in [2.75, 3.05) is 11.1 Å². The second-order valence-corrected chi connectivity index (χ2v) is 4.36. The average molecular weight is 275 g/mol. The number of benzene rings is 2. The third-order valence-electron chi connectivity index (χ3n) is 2.92. The second-order valence-electron chi connectivity index (χ2n) is 4.36. The lowest BCUT2D eigenvalue weighted by molar-refractivity contribution is 0.623. The Balaban J connectivity index is 1.95. The van der Waals surface area contributed by atoms with Crippen molar-refractivity contribution in [2.24, 2.45) is 0 Å². The summed E-state index contributed by atoms with van der Waals surface area (Å²) in [6.45, 7) is 0. The van der Waals surface area contributed by atoms with Gasteiger partial charge in [-0.15, -0.1) is 0 Å². The minimum absolute atomic E-state index is 0.294. The summed E-state index contributed by atoms with van der Waals surface area (Å²) >= 11 is 0. The number of hydrogen-bond donors (Lipinski definition) is 2. The van der Waals surface area contributed by atoms with E-state index in [1.165, 1.54) is 0 Å². The number of nitriles is 2. The topological polar surface area (TPSA) is 112 Å². The molecule has 0 saturated carbocycles. The molecule has 2 aromatic carbocycles. The van der Waals surface area contributed by atoms with Gasteiger partial charge in [0, 0.05) is 17.4 Å². The van der Waals surface area contributed by atoms with Crippen molar-refractivity contribution in [3.63, 3.8) is 0 Å². The molecule has 0 fully saturated rings. The predicted molar refractivity (Wildman–Crippen MR) is 77.6 cm³/mol. The quantitative estimate of drug-likeness (QED) is 0.695. The molecule has 3 N–H and O–H groups in total. The summed E-state index contributed by atoms with van der Waals surface area (Å²) in [5.74, 6) is 0. The number of nitrogen functional groups attached to an aromatic ring is 1.